The highest BCUT2D eigenvalue weighted by molar-refractivity contribution is 7.90. The highest BCUT2D eigenvalue weighted by Crippen LogP contribution is 2.18. The van der Waals surface area contributed by atoms with E-state index < -0.39 is 9.84 Å². The Morgan fingerprint density at radius 1 is 1.35 bits per heavy atom. The second-order valence-corrected chi connectivity index (χ2v) is 8.86. The Morgan fingerprint density at radius 3 is 2.88 bits per heavy atom. The van der Waals surface area contributed by atoms with Gasteiger partial charge in [-0.2, -0.15) is 5.10 Å². The van der Waals surface area contributed by atoms with Gasteiger partial charge in [0.1, 0.15) is 22.5 Å². The summed E-state index contributed by atoms with van der Waals surface area (Å²) in [6.45, 7) is 1.49. The number of carbonyl (C=O) groups is 1. The molecule has 26 heavy (non-hydrogen) atoms. The van der Waals surface area contributed by atoms with Crippen molar-refractivity contribution in [3.8, 4) is 5.69 Å². The molecule has 8 nitrogen and oxygen atoms in total. The maximum Gasteiger partial charge on any atom is 0.317 e. The van der Waals surface area contributed by atoms with Gasteiger partial charge in [-0.05, 0) is 30.4 Å². The van der Waals surface area contributed by atoms with Crippen molar-refractivity contribution in [1.29, 1.82) is 0 Å². The molecule has 0 spiro atoms. The number of piperidine rings is 1. The number of urea groups is 1. The van der Waals surface area contributed by atoms with Gasteiger partial charge in [0, 0.05) is 25.9 Å². The number of carbonyl (C=O) groups excluding carboxylic acids is 1. The van der Waals surface area contributed by atoms with Crippen LogP contribution in [-0.2, 0) is 16.4 Å². The lowest BCUT2D eigenvalue weighted by molar-refractivity contribution is 0.170. The first-order valence-corrected chi connectivity index (χ1v) is 10.6. The molecule has 1 aliphatic heterocycles. The molecule has 0 aliphatic carbocycles. The van der Waals surface area contributed by atoms with Crippen LogP contribution in [0.15, 0.2) is 36.9 Å². The summed E-state index contributed by atoms with van der Waals surface area (Å²) in [6.07, 6.45) is 5.98. The lowest BCUT2D eigenvalue weighted by Crippen LogP contribution is -2.46. The molecular formula is C17H23N5O3S. The molecule has 1 atom stereocenters. The van der Waals surface area contributed by atoms with Crippen LogP contribution in [0.5, 0.6) is 0 Å². The van der Waals surface area contributed by atoms with Crippen LogP contribution in [0.2, 0.25) is 0 Å². The number of likely N-dealkylation sites (tertiary alicyclic amines) is 1. The summed E-state index contributed by atoms with van der Waals surface area (Å²) in [5.41, 5.74) is 1.79. The summed E-state index contributed by atoms with van der Waals surface area (Å²) in [6, 6.07) is 7.49. The Morgan fingerprint density at radius 2 is 2.15 bits per heavy atom. The second kappa shape index (κ2) is 7.86. The Hall–Kier alpha value is -2.42. The van der Waals surface area contributed by atoms with Crippen molar-refractivity contribution in [2.45, 2.75) is 19.4 Å². The summed E-state index contributed by atoms with van der Waals surface area (Å²) >= 11 is 0. The first kappa shape index (κ1) is 18.4. The number of sulfone groups is 1. The van der Waals surface area contributed by atoms with Crippen LogP contribution in [-0.4, -0.2) is 59.2 Å². The molecule has 1 fully saturated rings. The van der Waals surface area contributed by atoms with Crippen LogP contribution in [0.1, 0.15) is 18.4 Å². The maximum atomic E-state index is 12.5. The third-order valence-corrected chi connectivity index (χ3v) is 5.51. The summed E-state index contributed by atoms with van der Waals surface area (Å²) < 4.78 is 24.7. The van der Waals surface area contributed by atoms with Gasteiger partial charge in [-0.25, -0.2) is 22.9 Å². The number of nitrogens with zero attached hydrogens (tertiary/aromatic N) is 4. The molecule has 140 valence electrons. The summed E-state index contributed by atoms with van der Waals surface area (Å²) in [4.78, 5) is 18.2. The number of nitrogens with one attached hydrogen (secondary N) is 1. The van der Waals surface area contributed by atoms with Crippen molar-refractivity contribution in [2.75, 3.05) is 25.1 Å². The van der Waals surface area contributed by atoms with E-state index in [4.69, 9.17) is 0 Å². The number of benzene rings is 1. The van der Waals surface area contributed by atoms with E-state index in [9.17, 15) is 13.2 Å². The largest absolute Gasteiger partial charge is 0.334 e. The quantitative estimate of drug-likeness (QED) is 0.845. The molecule has 1 saturated heterocycles. The zero-order valence-electron chi connectivity index (χ0n) is 14.7. The Labute approximate surface area is 153 Å². The van der Waals surface area contributed by atoms with Gasteiger partial charge in [0.25, 0.3) is 0 Å². The van der Waals surface area contributed by atoms with Gasteiger partial charge in [-0.15, -0.1) is 0 Å². The number of para-hydroxylation sites is 1. The first-order chi connectivity index (χ1) is 12.4. The molecule has 2 aromatic rings. The van der Waals surface area contributed by atoms with Gasteiger partial charge in [0.15, 0.2) is 0 Å². The number of aromatic nitrogens is 3. The zero-order chi connectivity index (χ0) is 18.6. The average Bonchev–Trinajstić information content (AvgIpc) is 3.13. The standard InChI is InChI=1S/C17H23N5O3S/c1-26(24,25)11-14-5-4-8-21(10-14)17(23)19-9-15-6-2-3-7-16(15)22-13-18-12-20-22/h2-3,6-7,12-14H,4-5,8-11H2,1H3,(H,19,23). The molecule has 2 heterocycles. The SMILES string of the molecule is CS(=O)(=O)CC1CCCN(C(=O)NCc2ccccc2-n2cncn2)C1. The van der Waals surface area contributed by atoms with Crippen molar-refractivity contribution in [3.05, 3.63) is 42.5 Å². The number of amides is 2. The van der Waals surface area contributed by atoms with Crippen molar-refractivity contribution in [3.63, 3.8) is 0 Å². The smallest absolute Gasteiger partial charge is 0.317 e. The van der Waals surface area contributed by atoms with Crippen molar-refractivity contribution in [2.24, 2.45) is 5.92 Å². The fourth-order valence-electron chi connectivity index (χ4n) is 3.31. The van der Waals surface area contributed by atoms with Crippen LogP contribution in [0.25, 0.3) is 5.69 Å². The van der Waals surface area contributed by atoms with Crippen molar-refractivity contribution >= 4 is 15.9 Å². The normalized spacial score (nSPS) is 17.9. The molecule has 0 bridgehead atoms. The van der Waals surface area contributed by atoms with Gasteiger partial charge < -0.3 is 10.2 Å². The fourth-order valence-corrected chi connectivity index (χ4v) is 4.44. The number of hydrogen-bond acceptors (Lipinski definition) is 5. The van der Waals surface area contributed by atoms with E-state index in [0.29, 0.717) is 19.6 Å². The van der Waals surface area contributed by atoms with E-state index in [0.717, 1.165) is 24.1 Å². The van der Waals surface area contributed by atoms with Crippen LogP contribution >= 0.6 is 0 Å². The summed E-state index contributed by atoms with van der Waals surface area (Å²) in [5, 5.41) is 7.06. The summed E-state index contributed by atoms with van der Waals surface area (Å²) in [7, 11) is -3.03. The number of hydrogen-bond donors (Lipinski definition) is 1. The minimum absolute atomic E-state index is 0.00642. The zero-order valence-corrected chi connectivity index (χ0v) is 15.5. The Balaban J connectivity index is 1.61. The van der Waals surface area contributed by atoms with Gasteiger partial charge >= 0.3 is 6.03 Å². The highest BCUT2D eigenvalue weighted by Gasteiger charge is 2.26. The molecule has 1 N–H and O–H groups in total. The third-order valence-electron chi connectivity index (χ3n) is 4.43. The molecule has 1 aliphatic rings. The molecule has 1 aromatic heterocycles. The maximum absolute atomic E-state index is 12.5. The van der Waals surface area contributed by atoms with E-state index in [-0.39, 0.29) is 17.7 Å². The predicted molar refractivity (Wildman–Crippen MR) is 97.6 cm³/mol. The lowest BCUT2D eigenvalue weighted by Gasteiger charge is -2.32. The van der Waals surface area contributed by atoms with Crippen LogP contribution in [0.4, 0.5) is 4.79 Å². The topological polar surface area (TPSA) is 97.2 Å². The highest BCUT2D eigenvalue weighted by atomic mass is 32.2. The average molecular weight is 377 g/mol. The van der Waals surface area contributed by atoms with Gasteiger partial charge in [-0.1, -0.05) is 18.2 Å². The molecule has 2 amide bonds. The number of rotatable bonds is 5. The first-order valence-electron chi connectivity index (χ1n) is 8.56. The molecule has 1 unspecified atom stereocenters. The van der Waals surface area contributed by atoms with E-state index in [1.807, 2.05) is 24.3 Å². The van der Waals surface area contributed by atoms with E-state index in [1.165, 1.54) is 12.6 Å². The molecular weight excluding hydrogens is 354 g/mol. The molecule has 0 saturated carbocycles. The van der Waals surface area contributed by atoms with Crippen LogP contribution in [0, 0.1) is 5.92 Å². The second-order valence-electron chi connectivity index (χ2n) is 6.67. The minimum Gasteiger partial charge on any atom is -0.334 e. The monoisotopic (exact) mass is 377 g/mol. The Bertz CT molecular complexity index is 851. The van der Waals surface area contributed by atoms with E-state index >= 15 is 0 Å². The lowest BCUT2D eigenvalue weighted by atomic mass is 10.0. The van der Waals surface area contributed by atoms with Crippen molar-refractivity contribution < 1.29 is 13.2 Å². The molecule has 9 heteroatoms. The Kier molecular flexibility index (Phi) is 5.55. The van der Waals surface area contributed by atoms with Gasteiger partial charge in [0.05, 0.1) is 11.4 Å². The molecule has 0 radical (unpaired) electrons. The van der Waals surface area contributed by atoms with Crippen LogP contribution in [0.3, 0.4) is 0 Å². The third kappa shape index (κ3) is 4.81. The van der Waals surface area contributed by atoms with Crippen molar-refractivity contribution in [1.82, 2.24) is 25.0 Å². The van der Waals surface area contributed by atoms with E-state index in [1.54, 1.807) is 15.9 Å². The minimum atomic E-state index is -3.03. The fraction of sp³-hybridized carbons (Fsp3) is 0.471. The summed E-state index contributed by atoms with van der Waals surface area (Å²) in [5.74, 6) is 0.137. The molecule has 1 aromatic carbocycles. The van der Waals surface area contributed by atoms with Gasteiger partial charge in [0.2, 0.25) is 0 Å². The van der Waals surface area contributed by atoms with Gasteiger partial charge in [-0.3, -0.25) is 0 Å². The molecule has 3 rings (SSSR count). The van der Waals surface area contributed by atoms with Crippen LogP contribution < -0.4 is 5.32 Å². The predicted octanol–water partition coefficient (Wildman–Crippen LogP) is 1.23. The van der Waals surface area contributed by atoms with E-state index in [2.05, 4.69) is 15.4 Å².